The number of carbonyl (C=O) groups is 2. The van der Waals surface area contributed by atoms with Gasteiger partial charge in [0.25, 0.3) is 5.91 Å². The summed E-state index contributed by atoms with van der Waals surface area (Å²) in [6, 6.07) is 14.1. The van der Waals surface area contributed by atoms with E-state index in [0.717, 1.165) is 5.56 Å². The molecule has 0 fully saturated rings. The fraction of sp³-hybridized carbons (Fsp3) is 0.300. The molecular weight excluding hydrogens is 432 g/mol. The first kappa shape index (κ1) is 21.3. The average Bonchev–Trinajstić information content (AvgIpc) is 2.67. The summed E-state index contributed by atoms with van der Waals surface area (Å²) in [7, 11) is 1.57. The zero-order valence-corrected chi connectivity index (χ0v) is 17.6. The number of amides is 2. The Labute approximate surface area is 172 Å². The molecule has 0 aliphatic rings. The third-order valence-corrected chi connectivity index (χ3v) is 4.93. The highest BCUT2D eigenvalue weighted by Crippen LogP contribution is 2.28. The van der Waals surface area contributed by atoms with Crippen molar-refractivity contribution in [2.24, 2.45) is 0 Å². The summed E-state index contributed by atoms with van der Waals surface area (Å²) in [6.07, 6.45) is 0.503. The SMILES string of the molecule is CCC(C(=O)NC)N(Cc1ccccc1)C(=O)COc1ccc(Cl)cc1Br. The number of halogens is 2. The van der Waals surface area contributed by atoms with Gasteiger partial charge in [0, 0.05) is 18.6 Å². The Morgan fingerprint density at radius 2 is 1.93 bits per heavy atom. The Bertz CT molecular complexity index is 786. The minimum atomic E-state index is -0.569. The third kappa shape index (κ3) is 5.97. The third-order valence-electron chi connectivity index (χ3n) is 4.07. The fourth-order valence-electron chi connectivity index (χ4n) is 2.68. The molecule has 1 unspecified atom stereocenters. The Morgan fingerprint density at radius 1 is 1.22 bits per heavy atom. The first-order valence-corrected chi connectivity index (χ1v) is 9.76. The molecule has 0 saturated heterocycles. The lowest BCUT2D eigenvalue weighted by Crippen LogP contribution is -2.49. The number of nitrogens with one attached hydrogen (secondary N) is 1. The highest BCUT2D eigenvalue weighted by Gasteiger charge is 2.28. The van der Waals surface area contributed by atoms with Crippen LogP contribution in [-0.4, -0.2) is 36.4 Å². The number of rotatable bonds is 8. The molecule has 0 saturated carbocycles. The van der Waals surface area contributed by atoms with Crippen LogP contribution in [0.15, 0.2) is 53.0 Å². The van der Waals surface area contributed by atoms with Crippen molar-refractivity contribution in [3.63, 3.8) is 0 Å². The quantitative estimate of drug-likeness (QED) is 0.656. The van der Waals surface area contributed by atoms with Crippen LogP contribution in [0.2, 0.25) is 5.02 Å². The minimum Gasteiger partial charge on any atom is -0.483 e. The van der Waals surface area contributed by atoms with Gasteiger partial charge in [0.2, 0.25) is 5.91 Å². The molecular formula is C20H22BrClN2O3. The number of nitrogens with zero attached hydrogens (tertiary/aromatic N) is 1. The zero-order chi connectivity index (χ0) is 19.8. The highest BCUT2D eigenvalue weighted by atomic mass is 79.9. The van der Waals surface area contributed by atoms with Crippen LogP contribution in [0.5, 0.6) is 5.75 Å². The van der Waals surface area contributed by atoms with E-state index in [9.17, 15) is 9.59 Å². The van der Waals surface area contributed by atoms with Crippen molar-refractivity contribution in [3.05, 3.63) is 63.6 Å². The molecule has 2 rings (SSSR count). The van der Waals surface area contributed by atoms with E-state index in [1.165, 1.54) is 0 Å². The molecule has 0 spiro atoms. The van der Waals surface area contributed by atoms with Gasteiger partial charge in [-0.2, -0.15) is 0 Å². The normalized spacial score (nSPS) is 11.6. The first-order valence-electron chi connectivity index (χ1n) is 8.59. The Morgan fingerprint density at radius 3 is 2.52 bits per heavy atom. The first-order chi connectivity index (χ1) is 13.0. The van der Waals surface area contributed by atoms with Crippen LogP contribution in [0, 0.1) is 0 Å². The fourth-order valence-corrected chi connectivity index (χ4v) is 3.48. The number of ether oxygens (including phenoxy) is 1. The van der Waals surface area contributed by atoms with Gasteiger partial charge in [-0.25, -0.2) is 0 Å². The van der Waals surface area contributed by atoms with Crippen LogP contribution >= 0.6 is 27.5 Å². The molecule has 0 heterocycles. The van der Waals surface area contributed by atoms with Crippen molar-refractivity contribution < 1.29 is 14.3 Å². The topological polar surface area (TPSA) is 58.6 Å². The molecule has 0 bridgehead atoms. The smallest absolute Gasteiger partial charge is 0.261 e. The van der Waals surface area contributed by atoms with Crippen molar-refractivity contribution in [1.29, 1.82) is 0 Å². The second-order valence-electron chi connectivity index (χ2n) is 5.91. The van der Waals surface area contributed by atoms with Crippen molar-refractivity contribution in [3.8, 4) is 5.75 Å². The Balaban J connectivity index is 2.17. The monoisotopic (exact) mass is 452 g/mol. The zero-order valence-electron chi connectivity index (χ0n) is 15.2. The lowest BCUT2D eigenvalue weighted by atomic mass is 10.1. The van der Waals surface area contributed by atoms with Gasteiger partial charge in [-0.15, -0.1) is 0 Å². The van der Waals surface area contributed by atoms with E-state index in [0.29, 0.717) is 28.2 Å². The maximum Gasteiger partial charge on any atom is 0.261 e. The van der Waals surface area contributed by atoms with Crippen LogP contribution in [-0.2, 0) is 16.1 Å². The molecule has 2 aromatic carbocycles. The number of carbonyl (C=O) groups excluding carboxylic acids is 2. The summed E-state index contributed by atoms with van der Waals surface area (Å²) in [6.45, 7) is 2.03. The van der Waals surface area contributed by atoms with Crippen molar-refractivity contribution >= 4 is 39.3 Å². The van der Waals surface area contributed by atoms with Gasteiger partial charge >= 0.3 is 0 Å². The molecule has 2 amide bonds. The summed E-state index contributed by atoms with van der Waals surface area (Å²) in [4.78, 5) is 26.7. The van der Waals surface area contributed by atoms with Crippen LogP contribution in [0.1, 0.15) is 18.9 Å². The van der Waals surface area contributed by atoms with Crippen LogP contribution in [0.25, 0.3) is 0 Å². The van der Waals surface area contributed by atoms with Crippen molar-refractivity contribution in [2.75, 3.05) is 13.7 Å². The lowest BCUT2D eigenvalue weighted by molar-refractivity contribution is -0.142. The Hall–Kier alpha value is -2.05. The van der Waals surface area contributed by atoms with Gasteiger partial charge in [0.1, 0.15) is 11.8 Å². The molecule has 0 aliphatic carbocycles. The van der Waals surface area contributed by atoms with E-state index in [2.05, 4.69) is 21.2 Å². The van der Waals surface area contributed by atoms with E-state index in [-0.39, 0.29) is 18.4 Å². The molecule has 0 aromatic heterocycles. The molecule has 1 atom stereocenters. The van der Waals surface area contributed by atoms with Gasteiger partial charge < -0.3 is 15.0 Å². The van der Waals surface area contributed by atoms with Crippen molar-refractivity contribution in [2.45, 2.75) is 25.9 Å². The van der Waals surface area contributed by atoms with E-state index in [4.69, 9.17) is 16.3 Å². The standard InChI is InChI=1S/C20H22BrClN2O3/c1-3-17(20(26)23-2)24(12-14-7-5-4-6-8-14)19(25)13-27-18-10-9-15(22)11-16(18)21/h4-11,17H,3,12-13H2,1-2H3,(H,23,26). The van der Waals surface area contributed by atoms with Gasteiger partial charge in [0.15, 0.2) is 6.61 Å². The largest absolute Gasteiger partial charge is 0.483 e. The predicted molar refractivity (Wildman–Crippen MR) is 110 cm³/mol. The summed E-state index contributed by atoms with van der Waals surface area (Å²) >= 11 is 9.29. The molecule has 7 heteroatoms. The van der Waals surface area contributed by atoms with Crippen LogP contribution in [0.3, 0.4) is 0 Å². The van der Waals surface area contributed by atoms with Crippen LogP contribution < -0.4 is 10.1 Å². The average molecular weight is 454 g/mol. The van der Waals surface area contributed by atoms with E-state index < -0.39 is 6.04 Å². The van der Waals surface area contributed by atoms with Crippen LogP contribution in [0.4, 0.5) is 0 Å². The van der Waals surface area contributed by atoms with Gasteiger partial charge in [-0.1, -0.05) is 48.9 Å². The van der Waals surface area contributed by atoms with Gasteiger partial charge in [-0.05, 0) is 46.1 Å². The minimum absolute atomic E-state index is 0.180. The van der Waals surface area contributed by atoms with E-state index in [1.54, 1.807) is 30.1 Å². The molecule has 2 aromatic rings. The summed E-state index contributed by atoms with van der Waals surface area (Å²) in [5.41, 5.74) is 0.945. The second kappa shape index (κ2) is 10.3. The van der Waals surface area contributed by atoms with Crippen molar-refractivity contribution in [1.82, 2.24) is 10.2 Å². The summed E-state index contributed by atoms with van der Waals surface area (Å²) < 4.78 is 6.31. The maximum atomic E-state index is 12.9. The van der Waals surface area contributed by atoms with E-state index >= 15 is 0 Å². The Kier molecular flexibility index (Phi) is 8.13. The molecule has 27 heavy (non-hydrogen) atoms. The molecule has 1 N–H and O–H groups in total. The highest BCUT2D eigenvalue weighted by molar-refractivity contribution is 9.10. The molecule has 0 radical (unpaired) electrons. The summed E-state index contributed by atoms with van der Waals surface area (Å²) in [5, 5.41) is 3.20. The molecule has 144 valence electrons. The number of hydrogen-bond donors (Lipinski definition) is 1. The van der Waals surface area contributed by atoms with E-state index in [1.807, 2.05) is 37.3 Å². The number of hydrogen-bond acceptors (Lipinski definition) is 3. The lowest BCUT2D eigenvalue weighted by Gasteiger charge is -2.30. The molecule has 0 aliphatic heterocycles. The predicted octanol–water partition coefficient (Wildman–Crippen LogP) is 4.03. The number of likely N-dealkylation sites (N-methyl/N-ethyl adjacent to an activating group) is 1. The summed E-state index contributed by atoms with van der Waals surface area (Å²) in [5.74, 6) is 0.0472. The van der Waals surface area contributed by atoms with Gasteiger partial charge in [0.05, 0.1) is 4.47 Å². The molecule has 5 nitrogen and oxygen atoms in total. The van der Waals surface area contributed by atoms with Gasteiger partial charge in [-0.3, -0.25) is 9.59 Å². The second-order valence-corrected chi connectivity index (χ2v) is 7.20. The maximum absolute atomic E-state index is 12.9. The number of benzene rings is 2.